The summed E-state index contributed by atoms with van der Waals surface area (Å²) in [6.07, 6.45) is 6.43. The van der Waals surface area contributed by atoms with Crippen LogP contribution in [0.5, 0.6) is 5.75 Å². The van der Waals surface area contributed by atoms with E-state index in [2.05, 4.69) is 11.9 Å². The van der Waals surface area contributed by atoms with Crippen molar-refractivity contribution >= 4 is 0 Å². The molecule has 88 valence electrons. The van der Waals surface area contributed by atoms with Crippen molar-refractivity contribution in [2.24, 2.45) is 0 Å². The highest BCUT2D eigenvalue weighted by atomic mass is 16.3. The molecular weight excluding hydrogens is 198 g/mol. The van der Waals surface area contributed by atoms with Crippen molar-refractivity contribution in [2.75, 3.05) is 13.6 Å². The Bertz CT molecular complexity index is 320. The van der Waals surface area contributed by atoms with Crippen LogP contribution in [-0.2, 0) is 6.42 Å². The zero-order valence-electron chi connectivity index (χ0n) is 10.0. The molecule has 1 aliphatic rings. The average molecular weight is 219 g/mol. The standard InChI is InChI=1S/C14H21NO/c1-15-11-3-2-4-13(15)8-5-12-6-9-14(16)10-7-12/h6-7,9-10,13,16H,2-5,8,11H2,1H3. The van der Waals surface area contributed by atoms with Gasteiger partial charge in [0.15, 0.2) is 0 Å². The summed E-state index contributed by atoms with van der Waals surface area (Å²) in [7, 11) is 2.24. The molecule has 2 heteroatoms. The molecule has 0 spiro atoms. The van der Waals surface area contributed by atoms with Gasteiger partial charge in [-0.2, -0.15) is 0 Å². The summed E-state index contributed by atoms with van der Waals surface area (Å²) in [6, 6.07) is 8.36. The van der Waals surface area contributed by atoms with Gasteiger partial charge in [-0.25, -0.2) is 0 Å². The van der Waals surface area contributed by atoms with Crippen molar-refractivity contribution in [3.63, 3.8) is 0 Å². The van der Waals surface area contributed by atoms with Crippen LogP contribution in [-0.4, -0.2) is 29.6 Å². The summed E-state index contributed by atoms with van der Waals surface area (Å²) < 4.78 is 0. The highest BCUT2D eigenvalue weighted by Crippen LogP contribution is 2.20. The molecule has 0 amide bonds. The van der Waals surface area contributed by atoms with Crippen molar-refractivity contribution in [3.8, 4) is 5.75 Å². The molecule has 1 aliphatic heterocycles. The summed E-state index contributed by atoms with van der Waals surface area (Å²) in [6.45, 7) is 1.25. The smallest absolute Gasteiger partial charge is 0.115 e. The first-order valence-electron chi connectivity index (χ1n) is 6.24. The Morgan fingerprint density at radius 3 is 2.69 bits per heavy atom. The Hall–Kier alpha value is -1.02. The van der Waals surface area contributed by atoms with Crippen LogP contribution in [0.4, 0.5) is 0 Å². The van der Waals surface area contributed by atoms with Crippen LogP contribution >= 0.6 is 0 Å². The van der Waals surface area contributed by atoms with Crippen LogP contribution < -0.4 is 0 Å². The lowest BCUT2D eigenvalue weighted by atomic mass is 9.96. The van der Waals surface area contributed by atoms with Gasteiger partial charge >= 0.3 is 0 Å². The monoisotopic (exact) mass is 219 g/mol. The second kappa shape index (κ2) is 5.35. The van der Waals surface area contributed by atoms with Crippen LogP contribution in [0.15, 0.2) is 24.3 Å². The third kappa shape index (κ3) is 2.99. The highest BCUT2D eigenvalue weighted by Gasteiger charge is 2.18. The lowest BCUT2D eigenvalue weighted by Crippen LogP contribution is -2.36. The molecule has 0 aromatic heterocycles. The van der Waals surface area contributed by atoms with Gasteiger partial charge in [-0.3, -0.25) is 0 Å². The molecule has 1 atom stereocenters. The van der Waals surface area contributed by atoms with Crippen LogP contribution in [0, 0.1) is 0 Å². The van der Waals surface area contributed by atoms with E-state index in [4.69, 9.17) is 0 Å². The van der Waals surface area contributed by atoms with Gasteiger partial charge in [0.1, 0.15) is 5.75 Å². The fourth-order valence-corrected chi connectivity index (χ4v) is 2.50. The number of phenolic OH excluding ortho intramolecular Hbond substituents is 1. The van der Waals surface area contributed by atoms with Crippen LogP contribution in [0.1, 0.15) is 31.2 Å². The summed E-state index contributed by atoms with van der Waals surface area (Å²) >= 11 is 0. The Morgan fingerprint density at radius 2 is 2.00 bits per heavy atom. The topological polar surface area (TPSA) is 23.5 Å². The van der Waals surface area contributed by atoms with Gasteiger partial charge in [0.05, 0.1) is 0 Å². The number of hydrogen-bond acceptors (Lipinski definition) is 2. The quantitative estimate of drug-likeness (QED) is 0.845. The van der Waals surface area contributed by atoms with E-state index in [1.165, 1.54) is 37.8 Å². The second-order valence-corrected chi connectivity index (χ2v) is 4.84. The van der Waals surface area contributed by atoms with E-state index in [0.29, 0.717) is 5.75 Å². The molecule has 1 unspecified atom stereocenters. The fraction of sp³-hybridized carbons (Fsp3) is 0.571. The van der Waals surface area contributed by atoms with Gasteiger partial charge in [0, 0.05) is 6.04 Å². The van der Waals surface area contributed by atoms with Crippen molar-refractivity contribution < 1.29 is 5.11 Å². The maximum Gasteiger partial charge on any atom is 0.115 e. The number of hydrogen-bond donors (Lipinski definition) is 1. The molecule has 16 heavy (non-hydrogen) atoms. The van der Waals surface area contributed by atoms with E-state index >= 15 is 0 Å². The minimum Gasteiger partial charge on any atom is -0.508 e. The van der Waals surface area contributed by atoms with Crippen LogP contribution in [0.3, 0.4) is 0 Å². The van der Waals surface area contributed by atoms with Gasteiger partial charge in [-0.15, -0.1) is 0 Å². The maximum atomic E-state index is 9.21. The first-order chi connectivity index (χ1) is 7.75. The maximum absolute atomic E-state index is 9.21. The lowest BCUT2D eigenvalue weighted by Gasteiger charge is -2.32. The molecule has 1 heterocycles. The third-order valence-corrected chi connectivity index (χ3v) is 3.62. The number of benzene rings is 1. The Labute approximate surface area is 97.9 Å². The first-order valence-corrected chi connectivity index (χ1v) is 6.24. The third-order valence-electron chi connectivity index (χ3n) is 3.62. The predicted molar refractivity (Wildman–Crippen MR) is 66.7 cm³/mol. The fourth-order valence-electron chi connectivity index (χ4n) is 2.50. The molecule has 2 nitrogen and oxygen atoms in total. The minimum absolute atomic E-state index is 0.360. The van der Waals surface area contributed by atoms with E-state index in [1.54, 1.807) is 12.1 Å². The Morgan fingerprint density at radius 1 is 1.25 bits per heavy atom. The van der Waals surface area contributed by atoms with Crippen LogP contribution in [0.25, 0.3) is 0 Å². The van der Waals surface area contributed by atoms with E-state index in [0.717, 1.165) is 12.5 Å². The molecule has 0 aliphatic carbocycles. The molecule has 1 aromatic rings. The Kier molecular flexibility index (Phi) is 3.83. The van der Waals surface area contributed by atoms with E-state index in [-0.39, 0.29) is 0 Å². The van der Waals surface area contributed by atoms with Crippen molar-refractivity contribution in [1.82, 2.24) is 4.90 Å². The lowest BCUT2D eigenvalue weighted by molar-refractivity contribution is 0.176. The molecule has 1 saturated heterocycles. The predicted octanol–water partition coefficient (Wildman–Crippen LogP) is 2.81. The molecule has 1 N–H and O–H groups in total. The van der Waals surface area contributed by atoms with Gasteiger partial charge in [0.2, 0.25) is 0 Å². The summed E-state index contributed by atoms with van der Waals surface area (Å²) in [5, 5.41) is 9.21. The molecular formula is C14H21NO. The number of phenols is 1. The summed E-state index contributed by atoms with van der Waals surface area (Å²) in [4.78, 5) is 2.49. The number of nitrogens with zero attached hydrogens (tertiary/aromatic N) is 1. The summed E-state index contributed by atoms with van der Waals surface area (Å²) in [5.41, 5.74) is 1.33. The van der Waals surface area contributed by atoms with Crippen molar-refractivity contribution in [1.29, 1.82) is 0 Å². The molecule has 0 radical (unpaired) electrons. The van der Waals surface area contributed by atoms with Gasteiger partial charge < -0.3 is 10.0 Å². The Balaban J connectivity index is 1.84. The molecule has 2 rings (SSSR count). The minimum atomic E-state index is 0.360. The van der Waals surface area contributed by atoms with Gasteiger partial charge in [-0.05, 0) is 57.0 Å². The SMILES string of the molecule is CN1CCCCC1CCc1ccc(O)cc1. The van der Waals surface area contributed by atoms with Gasteiger partial charge in [-0.1, -0.05) is 18.6 Å². The normalized spacial score (nSPS) is 22.2. The zero-order valence-corrected chi connectivity index (χ0v) is 10.0. The number of likely N-dealkylation sites (tertiary alicyclic amines) is 1. The zero-order chi connectivity index (χ0) is 11.4. The van der Waals surface area contributed by atoms with Crippen molar-refractivity contribution in [2.45, 2.75) is 38.1 Å². The molecule has 0 bridgehead atoms. The molecule has 0 saturated carbocycles. The average Bonchev–Trinajstić information content (AvgIpc) is 2.30. The summed E-state index contributed by atoms with van der Waals surface area (Å²) in [5.74, 6) is 0.360. The van der Waals surface area contributed by atoms with E-state index < -0.39 is 0 Å². The molecule has 1 fully saturated rings. The first kappa shape index (κ1) is 11.5. The number of aryl methyl sites for hydroxylation is 1. The second-order valence-electron chi connectivity index (χ2n) is 4.84. The van der Waals surface area contributed by atoms with Crippen molar-refractivity contribution in [3.05, 3.63) is 29.8 Å². The number of rotatable bonds is 3. The molecule has 1 aromatic carbocycles. The highest BCUT2D eigenvalue weighted by molar-refractivity contribution is 5.25. The number of aromatic hydroxyl groups is 1. The van der Waals surface area contributed by atoms with E-state index in [1.807, 2.05) is 12.1 Å². The number of piperidine rings is 1. The van der Waals surface area contributed by atoms with Crippen LogP contribution in [0.2, 0.25) is 0 Å². The largest absolute Gasteiger partial charge is 0.508 e. The van der Waals surface area contributed by atoms with E-state index in [9.17, 15) is 5.11 Å². The van der Waals surface area contributed by atoms with Gasteiger partial charge in [0.25, 0.3) is 0 Å².